The van der Waals surface area contributed by atoms with Gasteiger partial charge in [0.2, 0.25) is 0 Å². The number of hydrogen-bond donors (Lipinski definition) is 2. The van der Waals surface area contributed by atoms with Crippen molar-refractivity contribution in [3.8, 4) is 0 Å². The molecule has 2 nitrogen and oxygen atoms in total. The largest absolute Gasteiger partial charge is 0.454 e. The van der Waals surface area contributed by atoms with Crippen molar-refractivity contribution in [1.82, 2.24) is 0 Å². The molecule has 0 bridgehead atoms. The molecule has 0 aliphatic heterocycles. The Bertz CT molecular complexity index is 236. The maximum Gasteiger partial charge on any atom is 0.454 e. The van der Waals surface area contributed by atoms with Crippen LogP contribution in [0.25, 0.3) is 0 Å². The molecule has 3 heteroatoms. The van der Waals surface area contributed by atoms with Gasteiger partial charge in [-0.2, -0.15) is 0 Å². The van der Waals surface area contributed by atoms with Crippen LogP contribution in [0.4, 0.5) is 0 Å². The Morgan fingerprint density at radius 2 is 1.85 bits per heavy atom. The summed E-state index contributed by atoms with van der Waals surface area (Å²) < 4.78 is 0. The minimum Gasteiger partial charge on any atom is -0.427 e. The van der Waals surface area contributed by atoms with E-state index in [9.17, 15) is 0 Å². The summed E-state index contributed by atoms with van der Waals surface area (Å²) in [5.74, 6) is -0.0554. The summed E-state index contributed by atoms with van der Waals surface area (Å²) in [4.78, 5) is 0. The molecule has 0 heterocycles. The van der Waals surface area contributed by atoms with E-state index < -0.39 is 7.12 Å². The summed E-state index contributed by atoms with van der Waals surface area (Å²) in [6.45, 7) is 1.84. The molecule has 0 saturated carbocycles. The van der Waals surface area contributed by atoms with Crippen LogP contribution in [0, 0.1) is 0 Å². The normalized spacial score (nSPS) is 12.5. The summed E-state index contributed by atoms with van der Waals surface area (Å²) in [5.41, 5.74) is 1.25. The SMILES string of the molecule is CC(CCc1ccccc1)B(O)O. The van der Waals surface area contributed by atoms with Crippen molar-refractivity contribution in [3.63, 3.8) is 0 Å². The smallest absolute Gasteiger partial charge is 0.427 e. The molecule has 0 spiro atoms. The van der Waals surface area contributed by atoms with Gasteiger partial charge in [0.1, 0.15) is 0 Å². The second kappa shape index (κ2) is 5.05. The molecule has 0 radical (unpaired) electrons. The molecule has 0 aliphatic rings. The van der Waals surface area contributed by atoms with Crippen molar-refractivity contribution in [2.24, 2.45) is 0 Å². The molecule has 0 aromatic heterocycles. The molecule has 0 amide bonds. The Labute approximate surface area is 79.4 Å². The molecule has 0 aliphatic carbocycles. The molecule has 13 heavy (non-hydrogen) atoms. The van der Waals surface area contributed by atoms with Gasteiger partial charge in [-0.15, -0.1) is 0 Å². The second-order valence-corrected chi connectivity index (χ2v) is 3.42. The Balaban J connectivity index is 2.35. The molecule has 1 aromatic carbocycles. The molecule has 70 valence electrons. The van der Waals surface area contributed by atoms with Crippen LogP contribution in [0.15, 0.2) is 30.3 Å². The van der Waals surface area contributed by atoms with Crippen LogP contribution in [0.3, 0.4) is 0 Å². The van der Waals surface area contributed by atoms with Gasteiger partial charge in [-0.1, -0.05) is 37.3 Å². The maximum atomic E-state index is 8.85. The molecule has 0 saturated heterocycles. The summed E-state index contributed by atoms with van der Waals surface area (Å²) in [6, 6.07) is 10.1. The van der Waals surface area contributed by atoms with Crippen LogP contribution < -0.4 is 0 Å². The maximum absolute atomic E-state index is 8.85. The monoisotopic (exact) mass is 178 g/mol. The zero-order valence-corrected chi connectivity index (χ0v) is 7.85. The second-order valence-electron chi connectivity index (χ2n) is 3.42. The van der Waals surface area contributed by atoms with E-state index in [1.807, 2.05) is 25.1 Å². The first-order valence-corrected chi connectivity index (χ1v) is 4.60. The third kappa shape index (κ3) is 3.62. The van der Waals surface area contributed by atoms with Gasteiger partial charge >= 0.3 is 7.12 Å². The summed E-state index contributed by atoms with van der Waals surface area (Å²) in [5, 5.41) is 17.7. The van der Waals surface area contributed by atoms with Gasteiger partial charge in [-0.3, -0.25) is 0 Å². The minimum atomic E-state index is -1.19. The molecule has 0 fully saturated rings. The van der Waals surface area contributed by atoms with Crippen LogP contribution in [0.1, 0.15) is 18.9 Å². The first kappa shape index (κ1) is 10.3. The Morgan fingerprint density at radius 3 is 2.38 bits per heavy atom. The highest BCUT2D eigenvalue weighted by atomic mass is 16.4. The number of aryl methyl sites for hydroxylation is 1. The zero-order valence-electron chi connectivity index (χ0n) is 7.85. The van der Waals surface area contributed by atoms with Crippen molar-refractivity contribution in [2.75, 3.05) is 0 Å². The van der Waals surface area contributed by atoms with E-state index in [-0.39, 0.29) is 5.82 Å². The van der Waals surface area contributed by atoms with E-state index in [2.05, 4.69) is 12.1 Å². The first-order chi connectivity index (χ1) is 6.20. The summed E-state index contributed by atoms with van der Waals surface area (Å²) >= 11 is 0. The van der Waals surface area contributed by atoms with E-state index in [0.29, 0.717) is 0 Å². The average molecular weight is 178 g/mol. The van der Waals surface area contributed by atoms with Gasteiger partial charge in [-0.05, 0) is 24.2 Å². The van der Waals surface area contributed by atoms with Gasteiger partial charge in [0.05, 0.1) is 0 Å². The van der Waals surface area contributed by atoms with Crippen molar-refractivity contribution in [3.05, 3.63) is 35.9 Å². The highest BCUT2D eigenvalue weighted by Gasteiger charge is 2.16. The molecular weight excluding hydrogens is 163 g/mol. The number of rotatable bonds is 4. The zero-order chi connectivity index (χ0) is 9.68. The van der Waals surface area contributed by atoms with Crippen LogP contribution in [-0.4, -0.2) is 17.2 Å². The Morgan fingerprint density at radius 1 is 1.23 bits per heavy atom. The molecule has 2 N–H and O–H groups in total. The fourth-order valence-corrected chi connectivity index (χ4v) is 1.19. The standard InChI is InChI=1S/C10H15BO2/c1-9(11(12)13)7-8-10-5-3-2-4-6-10/h2-6,9,12-13H,7-8H2,1H3. The van der Waals surface area contributed by atoms with Crippen LogP contribution in [0.5, 0.6) is 0 Å². The van der Waals surface area contributed by atoms with E-state index in [1.165, 1.54) is 5.56 Å². The fraction of sp³-hybridized carbons (Fsp3) is 0.400. The van der Waals surface area contributed by atoms with Crippen LogP contribution in [-0.2, 0) is 6.42 Å². The van der Waals surface area contributed by atoms with E-state index in [4.69, 9.17) is 10.0 Å². The van der Waals surface area contributed by atoms with E-state index in [1.54, 1.807) is 0 Å². The van der Waals surface area contributed by atoms with Crippen LogP contribution in [0.2, 0.25) is 5.82 Å². The van der Waals surface area contributed by atoms with Crippen molar-refractivity contribution in [1.29, 1.82) is 0 Å². The van der Waals surface area contributed by atoms with Crippen LogP contribution >= 0.6 is 0 Å². The van der Waals surface area contributed by atoms with Gasteiger partial charge < -0.3 is 10.0 Å². The predicted molar refractivity (Wildman–Crippen MR) is 54.4 cm³/mol. The van der Waals surface area contributed by atoms with Crippen molar-refractivity contribution < 1.29 is 10.0 Å². The quantitative estimate of drug-likeness (QED) is 0.685. The van der Waals surface area contributed by atoms with Crippen molar-refractivity contribution in [2.45, 2.75) is 25.6 Å². The summed E-state index contributed by atoms with van der Waals surface area (Å²) in [7, 11) is -1.19. The lowest BCUT2D eigenvalue weighted by molar-refractivity contribution is 0.384. The number of hydrogen-bond acceptors (Lipinski definition) is 2. The predicted octanol–water partition coefficient (Wildman–Crippen LogP) is 1.48. The topological polar surface area (TPSA) is 40.5 Å². The Hall–Kier alpha value is -0.795. The van der Waals surface area contributed by atoms with Gasteiger partial charge in [0.25, 0.3) is 0 Å². The first-order valence-electron chi connectivity index (χ1n) is 4.60. The van der Waals surface area contributed by atoms with E-state index in [0.717, 1.165) is 12.8 Å². The lowest BCUT2D eigenvalue weighted by Crippen LogP contribution is -2.18. The van der Waals surface area contributed by atoms with E-state index >= 15 is 0 Å². The molecule has 1 rings (SSSR count). The highest BCUT2D eigenvalue weighted by molar-refractivity contribution is 6.42. The molecular formula is C10H15BO2. The lowest BCUT2D eigenvalue weighted by Gasteiger charge is -2.08. The number of benzene rings is 1. The third-order valence-corrected chi connectivity index (χ3v) is 2.24. The summed E-state index contributed by atoms with van der Waals surface area (Å²) in [6.07, 6.45) is 1.71. The molecule has 1 atom stereocenters. The third-order valence-electron chi connectivity index (χ3n) is 2.24. The Kier molecular flexibility index (Phi) is 3.99. The average Bonchev–Trinajstić information content (AvgIpc) is 2.15. The molecule has 1 unspecified atom stereocenters. The van der Waals surface area contributed by atoms with Gasteiger partial charge in [0, 0.05) is 0 Å². The fourth-order valence-electron chi connectivity index (χ4n) is 1.19. The molecule has 1 aromatic rings. The minimum absolute atomic E-state index is 0.0554. The van der Waals surface area contributed by atoms with Crippen molar-refractivity contribution >= 4 is 7.12 Å². The highest BCUT2D eigenvalue weighted by Crippen LogP contribution is 2.14. The lowest BCUT2D eigenvalue weighted by atomic mass is 9.71. The van der Waals surface area contributed by atoms with Gasteiger partial charge in [-0.25, -0.2) is 0 Å². The van der Waals surface area contributed by atoms with Gasteiger partial charge in [0.15, 0.2) is 0 Å².